The zero-order chi connectivity index (χ0) is 16.7. The van der Waals surface area contributed by atoms with Crippen LogP contribution in [0.4, 0.5) is 0 Å². The summed E-state index contributed by atoms with van der Waals surface area (Å²) in [4.78, 5) is 12.1. The van der Waals surface area contributed by atoms with E-state index in [0.29, 0.717) is 11.5 Å². The van der Waals surface area contributed by atoms with Crippen molar-refractivity contribution in [2.75, 3.05) is 20.8 Å². The normalized spacial score (nSPS) is 11.4. The predicted octanol–water partition coefficient (Wildman–Crippen LogP) is 2.96. The highest BCUT2D eigenvalue weighted by atomic mass is 16.5. The van der Waals surface area contributed by atoms with E-state index < -0.39 is 0 Å². The standard InChI is InChI=1S/C18H21NO4/c1-13(14-8-4-5-9-15(14)21-2)19-18(20)12-23-17-11-7-6-10-16(17)22-3/h4-11,13H,12H2,1-3H3,(H,19,20)/t13-/m1/s1. The number of hydrogen-bond donors (Lipinski definition) is 1. The fourth-order valence-corrected chi connectivity index (χ4v) is 2.27. The van der Waals surface area contributed by atoms with Gasteiger partial charge in [-0.3, -0.25) is 4.79 Å². The third-order valence-corrected chi connectivity index (χ3v) is 3.41. The fourth-order valence-electron chi connectivity index (χ4n) is 2.27. The molecule has 2 rings (SSSR count). The van der Waals surface area contributed by atoms with E-state index in [1.165, 1.54) is 0 Å². The Hall–Kier alpha value is -2.69. The van der Waals surface area contributed by atoms with Gasteiger partial charge in [-0.15, -0.1) is 0 Å². The first-order valence-corrected chi connectivity index (χ1v) is 7.33. The molecule has 0 aliphatic heterocycles. The predicted molar refractivity (Wildman–Crippen MR) is 88.0 cm³/mol. The zero-order valence-electron chi connectivity index (χ0n) is 13.5. The van der Waals surface area contributed by atoms with E-state index in [-0.39, 0.29) is 18.6 Å². The number of nitrogens with one attached hydrogen (secondary N) is 1. The highest BCUT2D eigenvalue weighted by molar-refractivity contribution is 5.78. The van der Waals surface area contributed by atoms with Gasteiger partial charge in [0, 0.05) is 5.56 Å². The molecule has 0 fully saturated rings. The maximum absolute atomic E-state index is 12.1. The third kappa shape index (κ3) is 4.39. The van der Waals surface area contributed by atoms with Crippen LogP contribution in [0, 0.1) is 0 Å². The third-order valence-electron chi connectivity index (χ3n) is 3.41. The lowest BCUT2D eigenvalue weighted by Gasteiger charge is -2.17. The molecule has 1 amide bonds. The minimum Gasteiger partial charge on any atom is -0.496 e. The Labute approximate surface area is 136 Å². The Bertz CT molecular complexity index is 657. The molecule has 5 heteroatoms. The van der Waals surface area contributed by atoms with Gasteiger partial charge in [-0.2, -0.15) is 0 Å². The number of carbonyl (C=O) groups excluding carboxylic acids is 1. The second kappa shape index (κ2) is 8.08. The maximum Gasteiger partial charge on any atom is 0.258 e. The van der Waals surface area contributed by atoms with Crippen molar-refractivity contribution in [3.63, 3.8) is 0 Å². The molecule has 0 heterocycles. The average Bonchev–Trinajstić information content (AvgIpc) is 2.60. The second-order valence-corrected chi connectivity index (χ2v) is 4.97. The topological polar surface area (TPSA) is 56.8 Å². The summed E-state index contributed by atoms with van der Waals surface area (Å²) in [6.07, 6.45) is 0. The molecule has 23 heavy (non-hydrogen) atoms. The van der Waals surface area contributed by atoms with Crippen LogP contribution in [0.5, 0.6) is 17.2 Å². The first-order chi connectivity index (χ1) is 11.2. The summed E-state index contributed by atoms with van der Waals surface area (Å²) in [7, 11) is 3.17. The molecule has 0 aliphatic rings. The summed E-state index contributed by atoms with van der Waals surface area (Å²) in [6, 6.07) is 14.6. The first-order valence-electron chi connectivity index (χ1n) is 7.33. The Morgan fingerprint density at radius 3 is 2.17 bits per heavy atom. The lowest BCUT2D eigenvalue weighted by atomic mass is 10.1. The van der Waals surface area contributed by atoms with E-state index in [1.807, 2.05) is 43.3 Å². The van der Waals surface area contributed by atoms with Crippen molar-refractivity contribution < 1.29 is 19.0 Å². The van der Waals surface area contributed by atoms with Crippen LogP contribution >= 0.6 is 0 Å². The molecule has 0 spiro atoms. The Morgan fingerprint density at radius 1 is 0.957 bits per heavy atom. The fraction of sp³-hybridized carbons (Fsp3) is 0.278. The van der Waals surface area contributed by atoms with E-state index in [4.69, 9.17) is 14.2 Å². The van der Waals surface area contributed by atoms with Gasteiger partial charge in [0.1, 0.15) is 5.75 Å². The molecular formula is C18H21NO4. The van der Waals surface area contributed by atoms with Crippen molar-refractivity contribution in [1.29, 1.82) is 0 Å². The Kier molecular flexibility index (Phi) is 5.86. The largest absolute Gasteiger partial charge is 0.496 e. The second-order valence-electron chi connectivity index (χ2n) is 4.97. The monoisotopic (exact) mass is 315 g/mol. The lowest BCUT2D eigenvalue weighted by molar-refractivity contribution is -0.123. The molecule has 0 bridgehead atoms. The van der Waals surface area contributed by atoms with Crippen LogP contribution in [-0.2, 0) is 4.79 Å². The van der Waals surface area contributed by atoms with Crippen molar-refractivity contribution in [2.24, 2.45) is 0 Å². The van der Waals surface area contributed by atoms with Crippen LogP contribution in [0.15, 0.2) is 48.5 Å². The van der Waals surface area contributed by atoms with E-state index in [9.17, 15) is 4.79 Å². The number of benzene rings is 2. The summed E-state index contributed by atoms with van der Waals surface area (Å²) < 4.78 is 16.0. The van der Waals surface area contributed by atoms with Crippen molar-refractivity contribution >= 4 is 5.91 Å². The summed E-state index contributed by atoms with van der Waals surface area (Å²) in [6.45, 7) is 1.82. The molecule has 1 N–H and O–H groups in total. The van der Waals surface area contributed by atoms with E-state index in [2.05, 4.69) is 5.32 Å². The first kappa shape index (κ1) is 16.7. The molecule has 0 saturated heterocycles. The Balaban J connectivity index is 1.94. The van der Waals surface area contributed by atoms with Crippen molar-refractivity contribution in [2.45, 2.75) is 13.0 Å². The summed E-state index contributed by atoms with van der Waals surface area (Å²) >= 11 is 0. The average molecular weight is 315 g/mol. The molecule has 1 atom stereocenters. The lowest BCUT2D eigenvalue weighted by Crippen LogP contribution is -2.31. The quantitative estimate of drug-likeness (QED) is 0.853. The Morgan fingerprint density at radius 2 is 1.52 bits per heavy atom. The van der Waals surface area contributed by atoms with Gasteiger partial charge in [-0.1, -0.05) is 30.3 Å². The maximum atomic E-state index is 12.1. The number of carbonyl (C=O) groups is 1. The minimum absolute atomic E-state index is 0.0835. The SMILES string of the molecule is COc1ccccc1OCC(=O)N[C@H](C)c1ccccc1OC. The van der Waals surface area contributed by atoms with Gasteiger partial charge in [0.25, 0.3) is 5.91 Å². The number of amides is 1. The molecule has 0 aliphatic carbocycles. The van der Waals surface area contributed by atoms with Gasteiger partial charge >= 0.3 is 0 Å². The van der Waals surface area contributed by atoms with Gasteiger partial charge < -0.3 is 19.5 Å². The van der Waals surface area contributed by atoms with E-state index in [1.54, 1.807) is 26.4 Å². The number of para-hydroxylation sites is 3. The molecule has 2 aromatic rings. The van der Waals surface area contributed by atoms with Crippen molar-refractivity contribution in [3.8, 4) is 17.2 Å². The van der Waals surface area contributed by atoms with Crippen LogP contribution in [0.2, 0.25) is 0 Å². The molecule has 0 saturated carbocycles. The van der Waals surface area contributed by atoms with Crippen LogP contribution in [0.1, 0.15) is 18.5 Å². The molecular weight excluding hydrogens is 294 g/mol. The summed E-state index contributed by atoms with van der Waals surface area (Å²) in [5.74, 6) is 1.66. The van der Waals surface area contributed by atoms with Gasteiger partial charge in [-0.05, 0) is 25.1 Å². The van der Waals surface area contributed by atoms with Gasteiger partial charge in [0.05, 0.1) is 20.3 Å². The van der Waals surface area contributed by atoms with Gasteiger partial charge in [0.2, 0.25) is 0 Å². The van der Waals surface area contributed by atoms with Crippen LogP contribution in [-0.4, -0.2) is 26.7 Å². The van der Waals surface area contributed by atoms with Gasteiger partial charge in [0.15, 0.2) is 18.1 Å². The molecule has 0 unspecified atom stereocenters. The number of methoxy groups -OCH3 is 2. The molecule has 5 nitrogen and oxygen atoms in total. The summed E-state index contributed by atoms with van der Waals surface area (Å²) in [5, 5.41) is 2.89. The number of ether oxygens (including phenoxy) is 3. The van der Waals surface area contributed by atoms with Gasteiger partial charge in [-0.25, -0.2) is 0 Å². The molecule has 0 radical (unpaired) electrons. The zero-order valence-corrected chi connectivity index (χ0v) is 13.5. The van der Waals surface area contributed by atoms with Crippen molar-refractivity contribution in [1.82, 2.24) is 5.32 Å². The number of hydrogen-bond acceptors (Lipinski definition) is 4. The minimum atomic E-state index is -0.214. The van der Waals surface area contributed by atoms with Crippen molar-refractivity contribution in [3.05, 3.63) is 54.1 Å². The van der Waals surface area contributed by atoms with E-state index >= 15 is 0 Å². The highest BCUT2D eigenvalue weighted by Crippen LogP contribution is 2.26. The summed E-state index contributed by atoms with van der Waals surface area (Å²) in [5.41, 5.74) is 0.917. The van der Waals surface area contributed by atoms with E-state index in [0.717, 1.165) is 11.3 Å². The van der Waals surface area contributed by atoms with Crippen LogP contribution < -0.4 is 19.5 Å². The smallest absolute Gasteiger partial charge is 0.258 e. The molecule has 2 aromatic carbocycles. The van der Waals surface area contributed by atoms with Crippen LogP contribution in [0.3, 0.4) is 0 Å². The van der Waals surface area contributed by atoms with Crippen LogP contribution in [0.25, 0.3) is 0 Å². The molecule has 122 valence electrons. The molecule has 0 aromatic heterocycles. The highest BCUT2D eigenvalue weighted by Gasteiger charge is 2.14. The number of rotatable bonds is 7.